The molecule has 0 rings (SSSR count). The van der Waals surface area contributed by atoms with E-state index >= 15 is 0 Å². The summed E-state index contributed by atoms with van der Waals surface area (Å²) < 4.78 is 0. The molecule has 0 fully saturated rings. The number of hydrogen-bond donors (Lipinski definition) is 4. The van der Waals surface area contributed by atoms with Crippen molar-refractivity contribution in [3.8, 4) is 0 Å². The Hall–Kier alpha value is 2.84. The molecule has 8 heteroatoms. The van der Waals surface area contributed by atoms with Crippen LogP contribution in [0, 0.1) is 0 Å². The molecule has 0 aromatic carbocycles. The highest BCUT2D eigenvalue weighted by atomic mass is 35.5. The number of halogens is 2. The van der Waals surface area contributed by atoms with Crippen molar-refractivity contribution >= 4 is 63.0 Å². The first kappa shape index (κ1) is 22.4. The van der Waals surface area contributed by atoms with Gasteiger partial charge in [-0.25, -0.2) is 0 Å². The van der Waals surface area contributed by atoms with E-state index in [-0.39, 0.29) is 38.8 Å². The SMILES string of the molecule is S[PH2+]S.S[PH2+]S.[Cl-].[Cl-]. The molecule has 0 N–H and O–H groups in total. The van der Waals surface area contributed by atoms with Gasteiger partial charge < -0.3 is 24.8 Å². The maximum Gasteiger partial charge on any atom is 0.100 e. The van der Waals surface area contributed by atoms with Crippen molar-refractivity contribution < 1.29 is 24.8 Å². The van der Waals surface area contributed by atoms with Gasteiger partial charge in [0.2, 0.25) is 0 Å². The zero-order valence-electron chi connectivity index (χ0n) is 3.70. The predicted molar refractivity (Wildman–Crippen MR) is 55.4 cm³/mol. The van der Waals surface area contributed by atoms with Crippen LogP contribution < -0.4 is 24.8 Å². The molecule has 56 valence electrons. The lowest BCUT2D eigenvalue weighted by Crippen LogP contribution is -3.00. The summed E-state index contributed by atoms with van der Waals surface area (Å²) in [6, 6.07) is 0. The minimum Gasteiger partial charge on any atom is -1.00 e. The highest BCUT2D eigenvalue weighted by Crippen LogP contribution is 2.18. The summed E-state index contributed by atoms with van der Waals surface area (Å²) in [5.74, 6) is 0. The molecular weight excluding hydrogens is 261 g/mol. The van der Waals surface area contributed by atoms with Gasteiger partial charge in [-0.2, -0.15) is 0 Å². The molecule has 8 heavy (non-hydrogen) atoms. The molecule has 0 saturated carbocycles. The second-order valence-corrected chi connectivity index (χ2v) is 6.24. The largest absolute Gasteiger partial charge is 1.00 e. The van der Waals surface area contributed by atoms with E-state index in [4.69, 9.17) is 0 Å². The maximum atomic E-state index is 3.74. The molecular formula is H8Cl2P2S4. The third-order valence-corrected chi connectivity index (χ3v) is 0. The van der Waals surface area contributed by atoms with Gasteiger partial charge in [0.15, 0.2) is 0 Å². The van der Waals surface area contributed by atoms with Crippen LogP contribution >= 0.6 is 63.0 Å². The summed E-state index contributed by atoms with van der Waals surface area (Å²) in [4.78, 5) is 0. The summed E-state index contributed by atoms with van der Waals surface area (Å²) in [6.07, 6.45) is 0. The third kappa shape index (κ3) is 67.4. The Morgan fingerprint density at radius 3 is 0.625 bits per heavy atom. The molecule has 0 bridgehead atoms. The van der Waals surface area contributed by atoms with Gasteiger partial charge in [-0.1, -0.05) is 0 Å². The molecule has 0 aromatic rings. The lowest BCUT2D eigenvalue weighted by atomic mass is 30.0. The van der Waals surface area contributed by atoms with Gasteiger partial charge in [0, 0.05) is 49.0 Å². The van der Waals surface area contributed by atoms with E-state index in [1.165, 1.54) is 0 Å². The summed E-state index contributed by atoms with van der Waals surface area (Å²) in [6.45, 7) is 0.278. The normalized spacial score (nSPS) is 4.50. The minimum absolute atomic E-state index is 0. The molecule has 0 aliphatic heterocycles. The fourth-order valence-corrected chi connectivity index (χ4v) is 0. The standard InChI is InChI=1S/2ClH.2H3PS2/c;;2*2-1-3/h2*1H;2*1-3H. The van der Waals surface area contributed by atoms with Gasteiger partial charge in [0.25, 0.3) is 0 Å². The van der Waals surface area contributed by atoms with E-state index in [0.717, 1.165) is 0 Å². The highest BCUT2D eigenvalue weighted by Gasteiger charge is 1.47. The van der Waals surface area contributed by atoms with Crippen LogP contribution in [0.5, 0.6) is 0 Å². The van der Waals surface area contributed by atoms with Crippen molar-refractivity contribution in [1.82, 2.24) is 0 Å². The van der Waals surface area contributed by atoms with Crippen LogP contribution in [0.2, 0.25) is 0 Å². The van der Waals surface area contributed by atoms with Crippen molar-refractivity contribution in [2.24, 2.45) is 0 Å². The molecule has 0 nitrogen and oxygen atoms in total. The van der Waals surface area contributed by atoms with Gasteiger partial charge >= 0.3 is 0 Å². The summed E-state index contributed by atoms with van der Waals surface area (Å²) >= 11 is 14.9. The molecule has 0 aromatic heterocycles. The molecule has 0 saturated heterocycles. The molecule has 0 spiro atoms. The van der Waals surface area contributed by atoms with E-state index in [9.17, 15) is 0 Å². The Kier molecular flexibility index (Phi) is 92.1. The second kappa shape index (κ2) is 32.8. The smallest absolute Gasteiger partial charge is 0.100 e. The number of hydrogen-bond acceptors (Lipinski definition) is 4. The van der Waals surface area contributed by atoms with Gasteiger partial charge in [0.05, 0.1) is 0 Å². The topological polar surface area (TPSA) is 0 Å². The van der Waals surface area contributed by atoms with Crippen LogP contribution in [-0.2, 0) is 0 Å². The van der Waals surface area contributed by atoms with Crippen LogP contribution in [0.4, 0.5) is 0 Å². The number of thiol groups is 4. The Labute approximate surface area is 87.1 Å². The fourth-order valence-electron chi connectivity index (χ4n) is 0. The first-order chi connectivity index (χ1) is 2.83. The summed E-state index contributed by atoms with van der Waals surface area (Å²) in [5, 5.41) is 0. The van der Waals surface area contributed by atoms with Crippen molar-refractivity contribution in [2.75, 3.05) is 0 Å². The van der Waals surface area contributed by atoms with E-state index in [1.807, 2.05) is 0 Å². The Bertz CT molecular complexity index is 14.0. The van der Waals surface area contributed by atoms with E-state index in [0.29, 0.717) is 0 Å². The van der Waals surface area contributed by atoms with Crippen LogP contribution in [0.1, 0.15) is 0 Å². The zero-order valence-corrected chi connectivity index (χ0v) is 11.1. The van der Waals surface area contributed by atoms with Gasteiger partial charge in [-0.15, -0.1) is 0 Å². The molecule has 0 amide bonds. The van der Waals surface area contributed by atoms with E-state index in [2.05, 4.69) is 49.0 Å². The third-order valence-electron chi connectivity index (χ3n) is 0. The summed E-state index contributed by atoms with van der Waals surface area (Å²) in [7, 11) is 0. The van der Waals surface area contributed by atoms with Crippen LogP contribution in [-0.4, -0.2) is 0 Å². The van der Waals surface area contributed by atoms with Gasteiger partial charge in [0.1, 0.15) is 14.0 Å². The second-order valence-electron chi connectivity index (χ2n) is 0.231. The Morgan fingerprint density at radius 2 is 0.625 bits per heavy atom. The average molecular weight is 269 g/mol. The van der Waals surface area contributed by atoms with E-state index in [1.54, 1.807) is 0 Å². The fraction of sp³-hybridized carbons (Fsp3) is 0. The van der Waals surface area contributed by atoms with Crippen LogP contribution in [0.3, 0.4) is 0 Å². The van der Waals surface area contributed by atoms with Crippen LogP contribution in [0.25, 0.3) is 0 Å². The molecule has 0 heterocycles. The predicted octanol–water partition coefficient (Wildman–Crippen LogP) is -3.82. The van der Waals surface area contributed by atoms with E-state index < -0.39 is 0 Å². The van der Waals surface area contributed by atoms with Crippen molar-refractivity contribution in [3.05, 3.63) is 0 Å². The maximum absolute atomic E-state index is 3.74. The lowest BCUT2D eigenvalue weighted by Gasteiger charge is -1.36. The van der Waals surface area contributed by atoms with Crippen molar-refractivity contribution in [3.63, 3.8) is 0 Å². The summed E-state index contributed by atoms with van der Waals surface area (Å²) in [5.41, 5.74) is 0. The first-order valence-corrected chi connectivity index (χ1v) is 9.30. The van der Waals surface area contributed by atoms with Gasteiger partial charge in [-0.3, -0.25) is 0 Å². The first-order valence-electron chi connectivity index (χ1n) is 1.03. The highest BCUT2D eigenvalue weighted by molar-refractivity contribution is 8.71. The van der Waals surface area contributed by atoms with Gasteiger partial charge in [-0.05, 0) is 0 Å². The molecule has 0 aliphatic carbocycles. The average Bonchev–Trinajstić information content (AvgIpc) is 1.39. The lowest BCUT2D eigenvalue weighted by molar-refractivity contribution is -0.00100. The molecule has 0 radical (unpaired) electrons. The molecule has 0 atom stereocenters. The molecule has 0 unspecified atom stereocenters. The number of rotatable bonds is 0. The quantitative estimate of drug-likeness (QED) is 0.251. The monoisotopic (exact) mass is 268 g/mol. The molecule has 0 aliphatic rings. The Morgan fingerprint density at radius 1 is 0.625 bits per heavy atom. The zero-order chi connectivity index (χ0) is 5.41. The van der Waals surface area contributed by atoms with Crippen molar-refractivity contribution in [1.29, 1.82) is 0 Å². The van der Waals surface area contributed by atoms with Crippen LogP contribution in [0.15, 0.2) is 0 Å². The Balaban J connectivity index is -0.0000000160. The van der Waals surface area contributed by atoms with Crippen molar-refractivity contribution in [2.45, 2.75) is 0 Å². The minimum atomic E-state index is 0.